The normalized spacial score (nSPS) is 28.9. The van der Waals surface area contributed by atoms with E-state index in [2.05, 4.69) is 20.4 Å². The molecule has 2 aromatic heterocycles. The summed E-state index contributed by atoms with van der Waals surface area (Å²) < 4.78 is 5.46. The maximum absolute atomic E-state index is 5.46. The largest absolute Gasteiger partial charge is 0.339 e. The third kappa shape index (κ3) is 2.04. The van der Waals surface area contributed by atoms with E-state index in [1.807, 2.05) is 12.1 Å². The Hall–Kier alpha value is -1.75. The number of hydrogen-bond donors (Lipinski definition) is 1. The fourth-order valence-corrected chi connectivity index (χ4v) is 3.27. The molecule has 3 unspecified atom stereocenters. The summed E-state index contributed by atoms with van der Waals surface area (Å²) in [6.07, 6.45) is 7.95. The first kappa shape index (κ1) is 11.1. The second-order valence-corrected chi connectivity index (χ2v) is 5.47. The van der Waals surface area contributed by atoms with Gasteiger partial charge >= 0.3 is 0 Å². The molecule has 3 atom stereocenters. The maximum Gasteiger partial charge on any atom is 0.231 e. The van der Waals surface area contributed by atoms with Crippen molar-refractivity contribution in [2.75, 3.05) is 0 Å². The Morgan fingerprint density at radius 3 is 2.89 bits per heavy atom. The minimum Gasteiger partial charge on any atom is -0.339 e. The lowest BCUT2D eigenvalue weighted by molar-refractivity contribution is 0.327. The molecule has 2 bridgehead atoms. The zero-order chi connectivity index (χ0) is 12.7. The van der Waals surface area contributed by atoms with Crippen molar-refractivity contribution in [3.63, 3.8) is 0 Å². The van der Waals surface area contributed by atoms with Crippen LogP contribution in [-0.2, 0) is 6.42 Å². The number of aromatic nitrogens is 3. The Bertz CT molecular complexity index is 568. The molecule has 19 heavy (non-hydrogen) atoms. The number of pyridine rings is 1. The van der Waals surface area contributed by atoms with Crippen molar-refractivity contribution < 1.29 is 4.52 Å². The summed E-state index contributed by atoms with van der Waals surface area (Å²) in [6.45, 7) is 0. The smallest absolute Gasteiger partial charge is 0.231 e. The van der Waals surface area contributed by atoms with E-state index in [4.69, 9.17) is 4.52 Å². The van der Waals surface area contributed by atoms with Gasteiger partial charge in [-0.3, -0.25) is 4.98 Å². The van der Waals surface area contributed by atoms with Crippen LogP contribution < -0.4 is 5.32 Å². The lowest BCUT2D eigenvalue weighted by atomic mass is 9.89. The molecular formula is C14H16N4O. The van der Waals surface area contributed by atoms with E-state index in [0.29, 0.717) is 24.4 Å². The van der Waals surface area contributed by atoms with Crippen molar-refractivity contribution in [1.82, 2.24) is 20.4 Å². The lowest BCUT2D eigenvalue weighted by Gasteiger charge is -2.15. The van der Waals surface area contributed by atoms with Gasteiger partial charge in [-0.15, -0.1) is 0 Å². The molecule has 0 amide bonds. The van der Waals surface area contributed by atoms with E-state index < -0.39 is 0 Å². The first-order valence-corrected chi connectivity index (χ1v) is 6.86. The molecule has 2 aromatic rings. The first-order chi connectivity index (χ1) is 9.38. The Morgan fingerprint density at radius 2 is 2.16 bits per heavy atom. The average molecular weight is 256 g/mol. The van der Waals surface area contributed by atoms with Gasteiger partial charge in [-0.25, -0.2) is 0 Å². The highest BCUT2D eigenvalue weighted by Crippen LogP contribution is 2.39. The molecule has 1 N–H and O–H groups in total. The number of nitrogens with one attached hydrogen (secondary N) is 1. The van der Waals surface area contributed by atoms with Gasteiger partial charge in [0.25, 0.3) is 0 Å². The lowest BCUT2D eigenvalue weighted by Crippen LogP contribution is -2.21. The van der Waals surface area contributed by atoms with Gasteiger partial charge in [0.05, 0.1) is 5.92 Å². The highest BCUT2D eigenvalue weighted by molar-refractivity contribution is 5.16. The zero-order valence-electron chi connectivity index (χ0n) is 10.6. The van der Waals surface area contributed by atoms with Gasteiger partial charge < -0.3 is 9.84 Å². The minimum absolute atomic E-state index is 0.414. The van der Waals surface area contributed by atoms with Crippen LogP contribution in [0.15, 0.2) is 29.0 Å². The molecule has 0 spiro atoms. The zero-order valence-corrected chi connectivity index (χ0v) is 10.6. The van der Waals surface area contributed by atoms with Crippen LogP contribution in [0.4, 0.5) is 0 Å². The summed E-state index contributed by atoms with van der Waals surface area (Å²) >= 11 is 0. The molecule has 5 nitrogen and oxygen atoms in total. The molecule has 98 valence electrons. The van der Waals surface area contributed by atoms with Gasteiger partial charge in [-0.05, 0) is 37.0 Å². The number of rotatable bonds is 3. The summed E-state index contributed by atoms with van der Waals surface area (Å²) in [6, 6.07) is 5.16. The van der Waals surface area contributed by atoms with Crippen molar-refractivity contribution in [3.05, 3.63) is 41.8 Å². The standard InChI is InChI=1S/C14H16N4O/c1-2-12-11(8-10(1)16-12)14-17-13(18-19-14)7-9-3-5-15-6-4-9/h3-6,10-12,16H,1-2,7-8H2. The molecule has 2 aliphatic rings. The molecule has 0 aliphatic carbocycles. The van der Waals surface area contributed by atoms with E-state index in [0.717, 1.165) is 23.7 Å². The molecule has 0 saturated carbocycles. The molecule has 2 fully saturated rings. The Morgan fingerprint density at radius 1 is 1.26 bits per heavy atom. The highest BCUT2D eigenvalue weighted by Gasteiger charge is 2.42. The minimum atomic E-state index is 0.414. The predicted molar refractivity (Wildman–Crippen MR) is 68.6 cm³/mol. The van der Waals surface area contributed by atoms with E-state index in [1.54, 1.807) is 12.4 Å². The summed E-state index contributed by atoms with van der Waals surface area (Å²) in [5, 5.41) is 7.70. The van der Waals surface area contributed by atoms with Crippen molar-refractivity contribution in [3.8, 4) is 0 Å². The summed E-state index contributed by atoms with van der Waals surface area (Å²) in [7, 11) is 0. The van der Waals surface area contributed by atoms with Crippen molar-refractivity contribution in [1.29, 1.82) is 0 Å². The molecule has 5 heteroatoms. The number of hydrogen-bond acceptors (Lipinski definition) is 5. The maximum atomic E-state index is 5.46. The second kappa shape index (κ2) is 4.42. The van der Waals surface area contributed by atoms with Gasteiger partial charge in [-0.1, -0.05) is 5.16 Å². The Balaban J connectivity index is 1.51. The van der Waals surface area contributed by atoms with Gasteiger partial charge in [0.15, 0.2) is 5.82 Å². The monoisotopic (exact) mass is 256 g/mol. The predicted octanol–water partition coefficient (Wildman–Crippen LogP) is 1.66. The van der Waals surface area contributed by atoms with Crippen molar-refractivity contribution in [2.45, 2.75) is 43.7 Å². The van der Waals surface area contributed by atoms with E-state index >= 15 is 0 Å². The molecule has 4 heterocycles. The molecule has 0 aromatic carbocycles. The van der Waals surface area contributed by atoms with Gasteiger partial charge in [-0.2, -0.15) is 4.98 Å². The molecule has 2 saturated heterocycles. The van der Waals surface area contributed by atoms with Crippen LogP contribution in [0.1, 0.15) is 42.5 Å². The quantitative estimate of drug-likeness (QED) is 0.905. The van der Waals surface area contributed by atoms with Crippen LogP contribution >= 0.6 is 0 Å². The molecule has 4 rings (SSSR count). The molecule has 0 radical (unpaired) electrons. The molecule has 2 aliphatic heterocycles. The van der Waals surface area contributed by atoms with Crippen LogP contribution in [0.5, 0.6) is 0 Å². The third-order valence-corrected chi connectivity index (χ3v) is 4.21. The van der Waals surface area contributed by atoms with Crippen molar-refractivity contribution in [2.24, 2.45) is 0 Å². The number of nitrogens with zero attached hydrogens (tertiary/aromatic N) is 3. The molecular weight excluding hydrogens is 240 g/mol. The summed E-state index contributed by atoms with van der Waals surface area (Å²) in [5.41, 5.74) is 1.16. The van der Waals surface area contributed by atoms with Gasteiger partial charge in [0, 0.05) is 30.9 Å². The Labute approximate surface area is 111 Å². The van der Waals surface area contributed by atoms with Crippen molar-refractivity contribution >= 4 is 0 Å². The van der Waals surface area contributed by atoms with Gasteiger partial charge in [0.1, 0.15) is 0 Å². The third-order valence-electron chi connectivity index (χ3n) is 4.21. The highest BCUT2D eigenvalue weighted by atomic mass is 16.5. The van der Waals surface area contributed by atoms with E-state index in [9.17, 15) is 0 Å². The van der Waals surface area contributed by atoms with Crippen LogP contribution in [-0.4, -0.2) is 27.2 Å². The topological polar surface area (TPSA) is 63.8 Å². The van der Waals surface area contributed by atoms with E-state index in [1.165, 1.54) is 12.8 Å². The SMILES string of the molecule is c1cc(Cc2noc(C3CC4CCC3N4)n2)ccn1. The summed E-state index contributed by atoms with van der Waals surface area (Å²) in [4.78, 5) is 8.58. The fraction of sp³-hybridized carbons (Fsp3) is 0.500. The van der Waals surface area contributed by atoms with Crippen LogP contribution in [0.2, 0.25) is 0 Å². The van der Waals surface area contributed by atoms with Crippen LogP contribution in [0.25, 0.3) is 0 Å². The van der Waals surface area contributed by atoms with Gasteiger partial charge in [0.2, 0.25) is 5.89 Å². The van der Waals surface area contributed by atoms with Crippen LogP contribution in [0, 0.1) is 0 Å². The fourth-order valence-electron chi connectivity index (χ4n) is 3.27. The second-order valence-electron chi connectivity index (χ2n) is 5.47. The Kier molecular flexibility index (Phi) is 2.58. The van der Waals surface area contributed by atoms with Crippen LogP contribution in [0.3, 0.4) is 0 Å². The summed E-state index contributed by atoms with van der Waals surface area (Å²) in [5.74, 6) is 1.99. The average Bonchev–Trinajstić information content (AvgIpc) is 3.15. The first-order valence-electron chi connectivity index (χ1n) is 6.86. The number of fused-ring (bicyclic) bond motifs is 2. The van der Waals surface area contributed by atoms with E-state index in [-0.39, 0.29) is 0 Å².